The molecule has 1 fully saturated rings. The summed E-state index contributed by atoms with van der Waals surface area (Å²) in [6.07, 6.45) is 6.38. The lowest BCUT2D eigenvalue weighted by molar-refractivity contribution is -0.137. The van der Waals surface area contributed by atoms with Crippen molar-refractivity contribution in [3.8, 4) is 0 Å². The molecule has 3 nitrogen and oxygen atoms in total. The fourth-order valence-corrected chi connectivity index (χ4v) is 1.97. The Morgan fingerprint density at radius 1 is 1.50 bits per heavy atom. The summed E-state index contributed by atoms with van der Waals surface area (Å²) in [5.41, 5.74) is 0. The highest BCUT2D eigenvalue weighted by Gasteiger charge is 2.15. The molecule has 0 heterocycles. The van der Waals surface area contributed by atoms with Crippen molar-refractivity contribution >= 4 is 5.97 Å². The van der Waals surface area contributed by atoms with Crippen molar-refractivity contribution in [3.05, 3.63) is 0 Å². The molecule has 1 rings (SSSR count). The van der Waals surface area contributed by atoms with Crippen molar-refractivity contribution in [1.82, 2.24) is 5.32 Å². The summed E-state index contributed by atoms with van der Waals surface area (Å²) < 4.78 is 0. The van der Waals surface area contributed by atoms with Gasteiger partial charge < -0.3 is 10.4 Å². The lowest BCUT2D eigenvalue weighted by atomic mass is 10.1. The minimum Gasteiger partial charge on any atom is -0.481 e. The Hall–Kier alpha value is -0.570. The zero-order valence-electron chi connectivity index (χ0n) is 8.96. The first-order valence-electron chi connectivity index (χ1n) is 5.63. The largest absolute Gasteiger partial charge is 0.481 e. The number of hydrogen-bond acceptors (Lipinski definition) is 2. The molecule has 0 bridgehead atoms. The molecule has 0 amide bonds. The molecule has 2 N–H and O–H groups in total. The van der Waals surface area contributed by atoms with Gasteiger partial charge in [0.05, 0.1) is 0 Å². The van der Waals surface area contributed by atoms with E-state index in [4.69, 9.17) is 5.11 Å². The van der Waals surface area contributed by atoms with Gasteiger partial charge in [0.15, 0.2) is 0 Å². The molecule has 3 heteroatoms. The highest BCUT2D eigenvalue weighted by Crippen LogP contribution is 2.18. The van der Waals surface area contributed by atoms with Gasteiger partial charge in [0.1, 0.15) is 0 Å². The average molecular weight is 199 g/mol. The normalized spacial score (nSPS) is 19.8. The van der Waals surface area contributed by atoms with Crippen LogP contribution in [-0.2, 0) is 4.79 Å². The van der Waals surface area contributed by atoms with Crippen molar-refractivity contribution < 1.29 is 9.90 Å². The van der Waals surface area contributed by atoms with E-state index in [1.807, 2.05) is 0 Å². The van der Waals surface area contributed by atoms with Crippen LogP contribution < -0.4 is 5.32 Å². The third-order valence-electron chi connectivity index (χ3n) is 2.96. The van der Waals surface area contributed by atoms with Gasteiger partial charge in [0.25, 0.3) is 0 Å². The summed E-state index contributed by atoms with van der Waals surface area (Å²) in [4.78, 5) is 10.3. The Labute approximate surface area is 85.9 Å². The molecule has 0 aromatic heterocycles. The maximum atomic E-state index is 10.3. The van der Waals surface area contributed by atoms with Crippen molar-refractivity contribution in [3.63, 3.8) is 0 Å². The maximum Gasteiger partial charge on any atom is 0.303 e. The maximum absolute atomic E-state index is 10.3. The fourth-order valence-electron chi connectivity index (χ4n) is 1.97. The summed E-state index contributed by atoms with van der Waals surface area (Å²) in [7, 11) is 0. The minimum atomic E-state index is -0.683. The third kappa shape index (κ3) is 4.61. The molecule has 0 aromatic rings. The van der Waals surface area contributed by atoms with Crippen LogP contribution in [0.15, 0.2) is 0 Å². The van der Waals surface area contributed by atoms with Gasteiger partial charge in [-0.05, 0) is 31.7 Å². The molecule has 0 aromatic carbocycles. The van der Waals surface area contributed by atoms with Crippen LogP contribution in [0.2, 0.25) is 0 Å². The molecular formula is C11H21NO2. The summed E-state index contributed by atoms with van der Waals surface area (Å²) in [6, 6.07) is 0.697. The van der Waals surface area contributed by atoms with E-state index in [0.717, 1.165) is 13.0 Å². The lowest BCUT2D eigenvalue weighted by Crippen LogP contribution is -2.30. The summed E-state index contributed by atoms with van der Waals surface area (Å²) >= 11 is 0. The average Bonchev–Trinajstić information content (AvgIpc) is 2.63. The topological polar surface area (TPSA) is 49.3 Å². The van der Waals surface area contributed by atoms with Gasteiger partial charge in [-0.2, -0.15) is 0 Å². The standard InChI is InChI=1S/C11H21NO2/c1-9(6-7-11(13)14)8-12-10-4-2-3-5-10/h9-10,12H,2-8H2,1H3,(H,13,14). The van der Waals surface area contributed by atoms with Gasteiger partial charge >= 0.3 is 5.97 Å². The van der Waals surface area contributed by atoms with Crippen LogP contribution >= 0.6 is 0 Å². The molecule has 82 valence electrons. The van der Waals surface area contributed by atoms with Crippen LogP contribution in [0.25, 0.3) is 0 Å². The van der Waals surface area contributed by atoms with Gasteiger partial charge in [-0.1, -0.05) is 19.8 Å². The molecule has 1 aliphatic rings. The second-order valence-corrected chi connectivity index (χ2v) is 4.43. The zero-order chi connectivity index (χ0) is 10.4. The van der Waals surface area contributed by atoms with Gasteiger partial charge in [-0.3, -0.25) is 4.79 Å². The fraction of sp³-hybridized carbons (Fsp3) is 0.909. The number of hydrogen-bond donors (Lipinski definition) is 2. The third-order valence-corrected chi connectivity index (χ3v) is 2.96. The molecule has 1 atom stereocenters. The number of aliphatic carboxylic acids is 1. The van der Waals surface area contributed by atoms with E-state index in [1.54, 1.807) is 0 Å². The second kappa shape index (κ2) is 6.02. The van der Waals surface area contributed by atoms with Crippen LogP contribution in [0.1, 0.15) is 45.4 Å². The van der Waals surface area contributed by atoms with Crippen LogP contribution in [0.4, 0.5) is 0 Å². The molecule has 0 saturated heterocycles. The predicted octanol–water partition coefficient (Wildman–Crippen LogP) is 2.02. The van der Waals surface area contributed by atoms with Crippen LogP contribution in [0, 0.1) is 5.92 Å². The molecule has 0 radical (unpaired) electrons. The van der Waals surface area contributed by atoms with E-state index in [0.29, 0.717) is 18.4 Å². The van der Waals surface area contributed by atoms with Crippen molar-refractivity contribution in [2.24, 2.45) is 5.92 Å². The van der Waals surface area contributed by atoms with E-state index in [1.165, 1.54) is 25.7 Å². The number of carboxylic acid groups (broad SMARTS) is 1. The minimum absolute atomic E-state index is 0.299. The molecule has 1 aliphatic carbocycles. The van der Waals surface area contributed by atoms with E-state index in [2.05, 4.69) is 12.2 Å². The van der Waals surface area contributed by atoms with Gasteiger partial charge in [0.2, 0.25) is 0 Å². The first kappa shape index (κ1) is 11.5. The van der Waals surface area contributed by atoms with Gasteiger partial charge in [-0.25, -0.2) is 0 Å². The molecule has 0 spiro atoms. The summed E-state index contributed by atoms with van der Waals surface area (Å²) in [5.74, 6) is -0.204. The Morgan fingerprint density at radius 3 is 2.71 bits per heavy atom. The Balaban J connectivity index is 2.02. The van der Waals surface area contributed by atoms with Crippen molar-refractivity contribution in [1.29, 1.82) is 0 Å². The van der Waals surface area contributed by atoms with Crippen LogP contribution in [-0.4, -0.2) is 23.7 Å². The first-order valence-corrected chi connectivity index (χ1v) is 5.63. The smallest absolute Gasteiger partial charge is 0.303 e. The van der Waals surface area contributed by atoms with Gasteiger partial charge in [0, 0.05) is 12.5 Å². The molecular weight excluding hydrogens is 178 g/mol. The van der Waals surface area contributed by atoms with E-state index >= 15 is 0 Å². The molecule has 1 unspecified atom stereocenters. The Bertz CT molecular complexity index is 176. The van der Waals surface area contributed by atoms with Gasteiger partial charge in [-0.15, -0.1) is 0 Å². The highest BCUT2D eigenvalue weighted by molar-refractivity contribution is 5.66. The van der Waals surface area contributed by atoms with Crippen molar-refractivity contribution in [2.75, 3.05) is 6.54 Å². The van der Waals surface area contributed by atoms with E-state index in [9.17, 15) is 4.79 Å². The molecule has 14 heavy (non-hydrogen) atoms. The molecule has 0 aliphatic heterocycles. The summed E-state index contributed by atoms with van der Waals surface area (Å²) in [6.45, 7) is 3.09. The number of rotatable bonds is 6. The first-order chi connectivity index (χ1) is 6.68. The second-order valence-electron chi connectivity index (χ2n) is 4.43. The van der Waals surface area contributed by atoms with Crippen molar-refractivity contribution in [2.45, 2.75) is 51.5 Å². The molecule has 1 saturated carbocycles. The Morgan fingerprint density at radius 2 is 2.14 bits per heavy atom. The predicted molar refractivity (Wildman–Crippen MR) is 56.3 cm³/mol. The quantitative estimate of drug-likeness (QED) is 0.688. The highest BCUT2D eigenvalue weighted by atomic mass is 16.4. The Kier molecular flexibility index (Phi) is 4.94. The van der Waals surface area contributed by atoms with Crippen LogP contribution in [0.5, 0.6) is 0 Å². The zero-order valence-corrected chi connectivity index (χ0v) is 8.96. The SMILES string of the molecule is CC(CCC(=O)O)CNC1CCCC1. The monoisotopic (exact) mass is 199 g/mol. The number of carboxylic acids is 1. The van der Waals surface area contributed by atoms with E-state index in [-0.39, 0.29) is 0 Å². The number of nitrogens with one attached hydrogen (secondary N) is 1. The van der Waals surface area contributed by atoms with Crippen LogP contribution in [0.3, 0.4) is 0 Å². The lowest BCUT2D eigenvalue weighted by Gasteiger charge is -2.15. The van der Waals surface area contributed by atoms with E-state index < -0.39 is 5.97 Å². The summed E-state index contributed by atoms with van der Waals surface area (Å²) in [5, 5.41) is 12.0. The number of carbonyl (C=O) groups is 1.